The van der Waals surface area contributed by atoms with Crippen molar-refractivity contribution in [3.63, 3.8) is 0 Å². The van der Waals surface area contributed by atoms with Crippen molar-refractivity contribution >= 4 is 17.8 Å². The molecular weight excluding hydrogens is 280 g/mol. The molecule has 3 rings (SSSR count). The lowest BCUT2D eigenvalue weighted by Gasteiger charge is -1.93. The van der Waals surface area contributed by atoms with E-state index in [-0.39, 0.29) is 0 Å². The van der Waals surface area contributed by atoms with Gasteiger partial charge >= 0.3 is 0 Å². The summed E-state index contributed by atoms with van der Waals surface area (Å²) in [6, 6.07) is 14.1. The van der Waals surface area contributed by atoms with Crippen molar-refractivity contribution in [2.75, 3.05) is 5.75 Å². The number of nitrogens with zero attached hydrogens (tertiary/aromatic N) is 3. The number of aromatic nitrogens is 4. The van der Waals surface area contributed by atoms with Gasteiger partial charge in [0.2, 0.25) is 5.16 Å². The maximum absolute atomic E-state index is 4.45. The molecule has 21 heavy (non-hydrogen) atoms. The van der Waals surface area contributed by atoms with Crippen molar-refractivity contribution in [2.24, 2.45) is 0 Å². The second-order valence-electron chi connectivity index (χ2n) is 4.33. The van der Waals surface area contributed by atoms with Crippen LogP contribution in [0.5, 0.6) is 0 Å². The van der Waals surface area contributed by atoms with Crippen molar-refractivity contribution < 1.29 is 0 Å². The van der Waals surface area contributed by atoms with Gasteiger partial charge in [0.25, 0.3) is 0 Å². The molecule has 0 atom stereocenters. The fourth-order valence-electron chi connectivity index (χ4n) is 1.81. The van der Waals surface area contributed by atoms with Crippen LogP contribution in [0, 0.1) is 0 Å². The van der Waals surface area contributed by atoms with Gasteiger partial charge in [-0.3, -0.25) is 10.1 Å². The molecule has 0 spiro atoms. The first-order valence-corrected chi connectivity index (χ1v) is 7.57. The molecule has 0 aliphatic carbocycles. The Labute approximate surface area is 127 Å². The summed E-state index contributed by atoms with van der Waals surface area (Å²) in [5.41, 5.74) is 2.14. The number of H-pyrrole nitrogens is 1. The number of nitrogens with one attached hydrogen (secondary N) is 1. The Morgan fingerprint density at radius 2 is 2.00 bits per heavy atom. The molecule has 0 saturated carbocycles. The average molecular weight is 294 g/mol. The molecule has 2 aromatic heterocycles. The molecule has 0 bridgehead atoms. The molecule has 0 aliphatic rings. The predicted molar refractivity (Wildman–Crippen MR) is 85.8 cm³/mol. The monoisotopic (exact) mass is 294 g/mol. The van der Waals surface area contributed by atoms with Crippen LogP contribution >= 0.6 is 11.8 Å². The molecule has 104 valence electrons. The smallest absolute Gasteiger partial charge is 0.209 e. The first-order valence-electron chi connectivity index (χ1n) is 6.59. The second-order valence-corrected chi connectivity index (χ2v) is 5.32. The number of pyridine rings is 1. The molecule has 5 heteroatoms. The summed E-state index contributed by atoms with van der Waals surface area (Å²) in [4.78, 5) is 8.52. The van der Waals surface area contributed by atoms with Gasteiger partial charge in [-0.2, -0.15) is 0 Å². The lowest BCUT2D eigenvalue weighted by atomic mass is 10.2. The van der Waals surface area contributed by atoms with E-state index in [4.69, 9.17) is 0 Å². The summed E-state index contributed by atoms with van der Waals surface area (Å²) in [7, 11) is 0. The third-order valence-corrected chi connectivity index (χ3v) is 3.62. The van der Waals surface area contributed by atoms with Gasteiger partial charge in [0.15, 0.2) is 5.82 Å². The molecule has 1 aromatic carbocycles. The summed E-state index contributed by atoms with van der Waals surface area (Å²) in [5.74, 6) is 1.58. The van der Waals surface area contributed by atoms with Crippen LogP contribution in [-0.2, 0) is 0 Å². The Kier molecular flexibility index (Phi) is 4.43. The van der Waals surface area contributed by atoms with Crippen LogP contribution in [0.2, 0.25) is 0 Å². The molecule has 0 radical (unpaired) electrons. The van der Waals surface area contributed by atoms with E-state index in [1.54, 1.807) is 24.2 Å². The fourth-order valence-corrected chi connectivity index (χ4v) is 2.42. The van der Waals surface area contributed by atoms with E-state index in [1.807, 2.05) is 30.3 Å². The van der Waals surface area contributed by atoms with Crippen LogP contribution in [0.1, 0.15) is 5.56 Å². The van der Waals surface area contributed by atoms with Gasteiger partial charge in [-0.15, -0.1) is 5.10 Å². The molecule has 0 saturated heterocycles. The van der Waals surface area contributed by atoms with Crippen LogP contribution in [0.25, 0.3) is 17.5 Å². The fraction of sp³-hybridized carbons (Fsp3) is 0.0625. The molecule has 0 fully saturated rings. The maximum atomic E-state index is 4.45. The Hall–Kier alpha value is -2.40. The number of thioether (sulfide) groups is 1. The standard InChI is InChI=1S/C16H14N4S/c1-2-6-13(7-3-1)8-5-11-21-16-18-15(19-20-16)14-9-4-10-17-12-14/h1-10,12H,11H2,(H,18,19,20)/b8-5+. The summed E-state index contributed by atoms with van der Waals surface area (Å²) >= 11 is 1.59. The van der Waals surface area contributed by atoms with E-state index in [2.05, 4.69) is 44.5 Å². The highest BCUT2D eigenvalue weighted by atomic mass is 32.2. The van der Waals surface area contributed by atoms with Gasteiger partial charge in [-0.1, -0.05) is 54.2 Å². The summed E-state index contributed by atoms with van der Waals surface area (Å²) in [6.07, 6.45) is 7.72. The number of aromatic amines is 1. The molecule has 0 unspecified atom stereocenters. The molecule has 0 aliphatic heterocycles. The Morgan fingerprint density at radius 1 is 1.10 bits per heavy atom. The summed E-state index contributed by atoms with van der Waals surface area (Å²) < 4.78 is 0. The zero-order valence-corrected chi connectivity index (χ0v) is 12.1. The van der Waals surface area contributed by atoms with Crippen molar-refractivity contribution in [1.29, 1.82) is 0 Å². The zero-order chi connectivity index (χ0) is 14.3. The highest BCUT2D eigenvalue weighted by molar-refractivity contribution is 7.99. The van der Waals surface area contributed by atoms with Crippen LogP contribution in [0.15, 0.2) is 66.1 Å². The molecule has 3 aromatic rings. The Bertz CT molecular complexity index is 707. The van der Waals surface area contributed by atoms with Crippen molar-refractivity contribution in [1.82, 2.24) is 20.2 Å². The van der Waals surface area contributed by atoms with Gasteiger partial charge < -0.3 is 0 Å². The maximum Gasteiger partial charge on any atom is 0.209 e. The van der Waals surface area contributed by atoms with E-state index in [9.17, 15) is 0 Å². The third kappa shape index (κ3) is 3.79. The van der Waals surface area contributed by atoms with E-state index >= 15 is 0 Å². The highest BCUT2D eigenvalue weighted by Crippen LogP contribution is 2.18. The number of rotatable bonds is 5. The summed E-state index contributed by atoms with van der Waals surface area (Å²) in [5, 5.41) is 7.88. The van der Waals surface area contributed by atoms with Crippen LogP contribution in [0.4, 0.5) is 0 Å². The first-order chi connectivity index (χ1) is 10.4. The summed E-state index contributed by atoms with van der Waals surface area (Å²) in [6.45, 7) is 0. The van der Waals surface area contributed by atoms with Gasteiger partial charge in [-0.25, -0.2) is 4.98 Å². The van der Waals surface area contributed by atoms with Gasteiger partial charge in [0, 0.05) is 23.7 Å². The largest absolute Gasteiger partial charge is 0.264 e. The lowest BCUT2D eigenvalue weighted by molar-refractivity contribution is 0.975. The van der Waals surface area contributed by atoms with Crippen molar-refractivity contribution in [2.45, 2.75) is 5.16 Å². The average Bonchev–Trinajstić information content (AvgIpc) is 3.02. The molecule has 1 N–H and O–H groups in total. The normalized spacial score (nSPS) is 11.0. The minimum absolute atomic E-state index is 0.742. The Morgan fingerprint density at radius 3 is 2.81 bits per heavy atom. The highest BCUT2D eigenvalue weighted by Gasteiger charge is 2.04. The van der Waals surface area contributed by atoms with E-state index in [0.717, 1.165) is 22.3 Å². The minimum Gasteiger partial charge on any atom is -0.264 e. The number of benzene rings is 1. The zero-order valence-electron chi connectivity index (χ0n) is 11.3. The van der Waals surface area contributed by atoms with Crippen molar-refractivity contribution in [3.05, 3.63) is 66.5 Å². The molecule has 4 nitrogen and oxygen atoms in total. The topological polar surface area (TPSA) is 54.5 Å². The van der Waals surface area contributed by atoms with Crippen LogP contribution in [-0.4, -0.2) is 25.9 Å². The van der Waals surface area contributed by atoms with Gasteiger partial charge in [-0.05, 0) is 17.7 Å². The SMILES string of the molecule is C(=C\c1ccccc1)/CSc1n[nH]c(-c2cccnc2)n1. The van der Waals surface area contributed by atoms with Crippen LogP contribution < -0.4 is 0 Å². The Balaban J connectivity index is 1.57. The van der Waals surface area contributed by atoms with E-state index in [1.165, 1.54) is 5.56 Å². The predicted octanol–water partition coefficient (Wildman–Crippen LogP) is 3.67. The van der Waals surface area contributed by atoms with Gasteiger partial charge in [0.05, 0.1) is 0 Å². The first kappa shape index (κ1) is 13.6. The second kappa shape index (κ2) is 6.85. The van der Waals surface area contributed by atoms with Crippen LogP contribution in [0.3, 0.4) is 0 Å². The quantitative estimate of drug-likeness (QED) is 0.729. The van der Waals surface area contributed by atoms with Gasteiger partial charge in [0.1, 0.15) is 0 Å². The number of hydrogen-bond donors (Lipinski definition) is 1. The molecular formula is C16H14N4S. The molecule has 0 amide bonds. The third-order valence-electron chi connectivity index (χ3n) is 2.82. The lowest BCUT2D eigenvalue weighted by Crippen LogP contribution is -1.81. The minimum atomic E-state index is 0.742. The molecule has 2 heterocycles. The van der Waals surface area contributed by atoms with E-state index in [0.29, 0.717) is 0 Å². The van der Waals surface area contributed by atoms with Crippen molar-refractivity contribution in [3.8, 4) is 11.4 Å². The van der Waals surface area contributed by atoms with E-state index < -0.39 is 0 Å². The number of hydrogen-bond acceptors (Lipinski definition) is 4.